The molecule has 1 saturated heterocycles. The maximum atomic E-state index is 12.4. The summed E-state index contributed by atoms with van der Waals surface area (Å²) >= 11 is 0. The summed E-state index contributed by atoms with van der Waals surface area (Å²) in [5.74, 6) is 1.21. The molecule has 0 radical (unpaired) electrons. The fourth-order valence-corrected chi connectivity index (χ4v) is 2.76. The van der Waals surface area contributed by atoms with Crippen molar-refractivity contribution in [3.05, 3.63) is 0 Å². The molecule has 1 rings (SSSR count). The third kappa shape index (κ3) is 4.77. The zero-order valence-electron chi connectivity index (χ0n) is 13.3. The third-order valence-corrected chi connectivity index (χ3v) is 4.27. The topological polar surface area (TPSA) is 49.6 Å². The first-order valence-electron chi connectivity index (χ1n) is 7.45. The van der Waals surface area contributed by atoms with Gasteiger partial charge < -0.3 is 10.6 Å². The quantitative estimate of drug-likeness (QED) is 0.824. The molecule has 1 atom stereocenters. The summed E-state index contributed by atoms with van der Waals surface area (Å²) in [5, 5.41) is 0. The zero-order chi connectivity index (χ0) is 14.6. The van der Waals surface area contributed by atoms with E-state index >= 15 is 0 Å². The molecule has 4 heteroatoms. The largest absolute Gasteiger partial charge is 0.340 e. The summed E-state index contributed by atoms with van der Waals surface area (Å²) < 4.78 is 0. The van der Waals surface area contributed by atoms with Gasteiger partial charge in [0.25, 0.3) is 0 Å². The van der Waals surface area contributed by atoms with Crippen LogP contribution in [0.5, 0.6) is 0 Å². The highest BCUT2D eigenvalue weighted by Gasteiger charge is 2.33. The predicted molar refractivity (Wildman–Crippen MR) is 79.9 cm³/mol. The average molecular weight is 269 g/mol. The van der Waals surface area contributed by atoms with Gasteiger partial charge in [0.1, 0.15) is 0 Å². The van der Waals surface area contributed by atoms with Gasteiger partial charge in [-0.05, 0) is 45.7 Å². The summed E-state index contributed by atoms with van der Waals surface area (Å²) in [6.45, 7) is 12.0. The fourth-order valence-electron chi connectivity index (χ4n) is 2.76. The van der Waals surface area contributed by atoms with Crippen molar-refractivity contribution in [3.63, 3.8) is 0 Å². The van der Waals surface area contributed by atoms with Gasteiger partial charge in [0.05, 0.1) is 0 Å². The van der Waals surface area contributed by atoms with E-state index in [4.69, 9.17) is 5.73 Å². The van der Waals surface area contributed by atoms with Crippen LogP contribution < -0.4 is 5.73 Å². The van der Waals surface area contributed by atoms with Gasteiger partial charge in [-0.15, -0.1) is 0 Å². The Bertz CT molecular complexity index is 302. The van der Waals surface area contributed by atoms with Crippen molar-refractivity contribution < 1.29 is 4.79 Å². The van der Waals surface area contributed by atoms with E-state index in [1.165, 1.54) is 0 Å². The number of piperazine rings is 1. The van der Waals surface area contributed by atoms with E-state index in [0.29, 0.717) is 24.8 Å². The highest BCUT2D eigenvalue weighted by Crippen LogP contribution is 2.21. The molecule has 1 amide bonds. The summed E-state index contributed by atoms with van der Waals surface area (Å²) in [7, 11) is 2.13. The number of likely N-dealkylation sites (N-methyl/N-ethyl adjacent to an activating group) is 1. The minimum atomic E-state index is 0.0736. The number of hydrogen-bond donors (Lipinski definition) is 1. The number of nitrogens with zero attached hydrogens (tertiary/aromatic N) is 2. The second-order valence-electron chi connectivity index (χ2n) is 6.98. The van der Waals surface area contributed by atoms with E-state index in [0.717, 1.165) is 26.1 Å². The summed E-state index contributed by atoms with van der Waals surface area (Å²) in [4.78, 5) is 16.7. The lowest BCUT2D eigenvalue weighted by Crippen LogP contribution is -2.59. The molecule has 0 aromatic heterocycles. The van der Waals surface area contributed by atoms with Crippen LogP contribution in [0.1, 0.15) is 40.5 Å². The van der Waals surface area contributed by atoms with Crippen molar-refractivity contribution >= 4 is 5.91 Å². The van der Waals surface area contributed by atoms with E-state index in [1.807, 2.05) is 4.90 Å². The predicted octanol–water partition coefficient (Wildman–Crippen LogP) is 1.55. The SMILES string of the molecule is CC(C)C[C@H](CN)CC(=O)N1CCN(C)C(C)(C)C1. The molecule has 0 unspecified atom stereocenters. The molecule has 112 valence electrons. The maximum absolute atomic E-state index is 12.4. The minimum absolute atomic E-state index is 0.0736. The molecule has 0 spiro atoms. The zero-order valence-corrected chi connectivity index (χ0v) is 13.3. The van der Waals surface area contributed by atoms with Crippen molar-refractivity contribution in [3.8, 4) is 0 Å². The minimum Gasteiger partial charge on any atom is -0.340 e. The highest BCUT2D eigenvalue weighted by molar-refractivity contribution is 5.76. The molecule has 1 heterocycles. The van der Waals surface area contributed by atoms with E-state index in [9.17, 15) is 4.79 Å². The Hall–Kier alpha value is -0.610. The molecule has 19 heavy (non-hydrogen) atoms. The van der Waals surface area contributed by atoms with Crippen molar-refractivity contribution in [2.24, 2.45) is 17.6 Å². The lowest BCUT2D eigenvalue weighted by atomic mass is 9.93. The fraction of sp³-hybridized carbons (Fsp3) is 0.933. The second-order valence-corrected chi connectivity index (χ2v) is 6.98. The van der Waals surface area contributed by atoms with Gasteiger partial charge in [0.15, 0.2) is 0 Å². The summed E-state index contributed by atoms with van der Waals surface area (Å²) in [6.07, 6.45) is 1.65. The van der Waals surface area contributed by atoms with Gasteiger partial charge in [0, 0.05) is 31.6 Å². The molecule has 0 aromatic rings. The Morgan fingerprint density at radius 2 is 1.95 bits per heavy atom. The third-order valence-electron chi connectivity index (χ3n) is 4.27. The molecule has 1 aliphatic rings. The monoisotopic (exact) mass is 269 g/mol. The van der Waals surface area contributed by atoms with Crippen molar-refractivity contribution in [2.75, 3.05) is 33.2 Å². The van der Waals surface area contributed by atoms with Crippen LogP contribution in [-0.2, 0) is 4.79 Å². The molecular formula is C15H31N3O. The van der Waals surface area contributed by atoms with Crippen molar-refractivity contribution in [1.29, 1.82) is 0 Å². The molecule has 0 aliphatic carbocycles. The number of nitrogens with two attached hydrogens (primary N) is 1. The van der Waals surface area contributed by atoms with Crippen LogP contribution in [0.4, 0.5) is 0 Å². The van der Waals surface area contributed by atoms with E-state index in [-0.39, 0.29) is 11.4 Å². The molecule has 0 saturated carbocycles. The molecule has 1 fully saturated rings. The number of hydrogen-bond acceptors (Lipinski definition) is 3. The summed E-state index contributed by atoms with van der Waals surface area (Å²) in [6, 6.07) is 0. The normalized spacial score (nSPS) is 21.7. The van der Waals surface area contributed by atoms with Gasteiger partial charge in [-0.25, -0.2) is 0 Å². The number of carbonyl (C=O) groups is 1. The van der Waals surface area contributed by atoms with Crippen LogP contribution in [0.25, 0.3) is 0 Å². The lowest BCUT2D eigenvalue weighted by Gasteiger charge is -2.45. The number of amides is 1. The van der Waals surface area contributed by atoms with Gasteiger partial charge >= 0.3 is 0 Å². The Morgan fingerprint density at radius 1 is 1.32 bits per heavy atom. The van der Waals surface area contributed by atoms with Crippen LogP contribution in [0.3, 0.4) is 0 Å². The van der Waals surface area contributed by atoms with Gasteiger partial charge in [0.2, 0.25) is 5.91 Å². The number of carbonyl (C=O) groups excluding carboxylic acids is 1. The van der Waals surface area contributed by atoms with Crippen LogP contribution in [0.2, 0.25) is 0 Å². The van der Waals surface area contributed by atoms with Gasteiger partial charge in [-0.2, -0.15) is 0 Å². The van der Waals surface area contributed by atoms with Gasteiger partial charge in [-0.1, -0.05) is 13.8 Å². The van der Waals surface area contributed by atoms with Crippen molar-refractivity contribution in [2.45, 2.75) is 46.1 Å². The molecule has 0 bridgehead atoms. The van der Waals surface area contributed by atoms with Crippen LogP contribution in [-0.4, -0.2) is 54.5 Å². The molecular weight excluding hydrogens is 238 g/mol. The Balaban J connectivity index is 2.53. The highest BCUT2D eigenvalue weighted by atomic mass is 16.2. The first kappa shape index (κ1) is 16.4. The van der Waals surface area contributed by atoms with Crippen molar-refractivity contribution in [1.82, 2.24) is 9.80 Å². The summed E-state index contributed by atoms with van der Waals surface area (Å²) in [5.41, 5.74) is 5.87. The lowest BCUT2D eigenvalue weighted by molar-refractivity contribution is -0.136. The van der Waals surface area contributed by atoms with Crippen LogP contribution in [0.15, 0.2) is 0 Å². The van der Waals surface area contributed by atoms with E-state index in [2.05, 4.69) is 39.6 Å². The number of rotatable bonds is 5. The van der Waals surface area contributed by atoms with Gasteiger partial charge in [-0.3, -0.25) is 9.69 Å². The maximum Gasteiger partial charge on any atom is 0.223 e. The molecule has 2 N–H and O–H groups in total. The Kier molecular flexibility index (Phi) is 5.81. The first-order valence-corrected chi connectivity index (χ1v) is 7.45. The van der Waals surface area contributed by atoms with Crippen LogP contribution in [0, 0.1) is 11.8 Å². The van der Waals surface area contributed by atoms with Crippen LogP contribution >= 0.6 is 0 Å². The Labute approximate surface area is 118 Å². The average Bonchev–Trinajstić information content (AvgIpc) is 2.30. The second kappa shape index (κ2) is 6.71. The molecule has 1 aliphatic heterocycles. The van der Waals surface area contributed by atoms with E-state index < -0.39 is 0 Å². The first-order chi connectivity index (χ1) is 8.76. The molecule has 0 aromatic carbocycles. The van der Waals surface area contributed by atoms with E-state index in [1.54, 1.807) is 0 Å². The molecule has 4 nitrogen and oxygen atoms in total. The smallest absolute Gasteiger partial charge is 0.223 e. The Morgan fingerprint density at radius 3 is 2.42 bits per heavy atom. The standard InChI is InChI=1S/C15H31N3O/c1-12(2)8-13(10-16)9-14(19)18-7-6-17(5)15(3,4)11-18/h12-13H,6-11,16H2,1-5H3/t13-/m0/s1.